The summed E-state index contributed by atoms with van der Waals surface area (Å²) in [5.41, 5.74) is 7.92. The molecule has 17 heavy (non-hydrogen) atoms. The third kappa shape index (κ3) is 3.84. The lowest BCUT2D eigenvalue weighted by molar-refractivity contribution is 0.319. The number of anilines is 2. The SMILES string of the molecule is CCCOc1cccc(N(C)CC(C)C)c1N. The molecule has 2 N–H and O–H groups in total. The molecule has 0 atom stereocenters. The molecule has 96 valence electrons. The van der Waals surface area contributed by atoms with E-state index in [2.05, 4.69) is 32.7 Å². The van der Waals surface area contributed by atoms with Gasteiger partial charge in [0, 0.05) is 13.6 Å². The molecule has 0 aliphatic rings. The Labute approximate surface area is 105 Å². The molecule has 0 spiro atoms. The summed E-state index contributed by atoms with van der Waals surface area (Å²) < 4.78 is 5.63. The van der Waals surface area contributed by atoms with E-state index in [-0.39, 0.29) is 0 Å². The summed E-state index contributed by atoms with van der Waals surface area (Å²) in [4.78, 5) is 2.18. The zero-order chi connectivity index (χ0) is 12.8. The van der Waals surface area contributed by atoms with E-state index in [1.54, 1.807) is 0 Å². The molecular formula is C14H24N2O. The number of nitrogen functional groups attached to an aromatic ring is 1. The topological polar surface area (TPSA) is 38.5 Å². The van der Waals surface area contributed by atoms with E-state index < -0.39 is 0 Å². The summed E-state index contributed by atoms with van der Waals surface area (Å²) in [6, 6.07) is 5.96. The van der Waals surface area contributed by atoms with Crippen molar-refractivity contribution in [3.8, 4) is 5.75 Å². The predicted molar refractivity (Wildman–Crippen MR) is 74.7 cm³/mol. The van der Waals surface area contributed by atoms with E-state index >= 15 is 0 Å². The van der Waals surface area contributed by atoms with Gasteiger partial charge in [-0.25, -0.2) is 0 Å². The van der Waals surface area contributed by atoms with Gasteiger partial charge in [-0.3, -0.25) is 0 Å². The van der Waals surface area contributed by atoms with Gasteiger partial charge in [-0.1, -0.05) is 26.8 Å². The van der Waals surface area contributed by atoms with Crippen LogP contribution in [0.25, 0.3) is 0 Å². The van der Waals surface area contributed by atoms with Crippen LogP contribution in [0.15, 0.2) is 18.2 Å². The Morgan fingerprint density at radius 1 is 1.35 bits per heavy atom. The molecule has 0 aliphatic heterocycles. The number of benzene rings is 1. The first-order valence-electron chi connectivity index (χ1n) is 6.28. The van der Waals surface area contributed by atoms with Crippen LogP contribution >= 0.6 is 0 Å². The average molecular weight is 236 g/mol. The fourth-order valence-corrected chi connectivity index (χ4v) is 1.85. The van der Waals surface area contributed by atoms with Gasteiger partial charge in [-0.15, -0.1) is 0 Å². The highest BCUT2D eigenvalue weighted by atomic mass is 16.5. The van der Waals surface area contributed by atoms with Crippen LogP contribution in [0.5, 0.6) is 5.75 Å². The minimum Gasteiger partial charge on any atom is -0.491 e. The van der Waals surface area contributed by atoms with Crippen LogP contribution in [0.4, 0.5) is 11.4 Å². The largest absolute Gasteiger partial charge is 0.491 e. The summed E-state index contributed by atoms with van der Waals surface area (Å²) in [6.07, 6.45) is 0.992. The van der Waals surface area contributed by atoms with Crippen LogP contribution in [-0.4, -0.2) is 20.2 Å². The van der Waals surface area contributed by atoms with Gasteiger partial charge in [0.05, 0.1) is 18.0 Å². The average Bonchev–Trinajstić information content (AvgIpc) is 2.26. The Kier molecular flexibility index (Phi) is 5.13. The Bertz CT molecular complexity index is 350. The number of ether oxygens (including phenoxy) is 1. The standard InChI is InChI=1S/C14H24N2O/c1-5-9-17-13-8-6-7-12(14(13)15)16(4)10-11(2)3/h6-8,11H,5,9-10,15H2,1-4H3. The molecule has 0 amide bonds. The molecule has 1 aromatic carbocycles. The third-order valence-electron chi connectivity index (χ3n) is 2.56. The van der Waals surface area contributed by atoms with Crippen molar-refractivity contribution in [2.45, 2.75) is 27.2 Å². The first kappa shape index (κ1) is 13.7. The van der Waals surface area contributed by atoms with Crippen molar-refractivity contribution >= 4 is 11.4 Å². The minimum absolute atomic E-state index is 0.611. The Balaban J connectivity index is 2.85. The second-order valence-corrected chi connectivity index (χ2v) is 4.81. The zero-order valence-corrected chi connectivity index (χ0v) is 11.4. The van der Waals surface area contributed by atoms with E-state index in [1.165, 1.54) is 0 Å². The van der Waals surface area contributed by atoms with Gasteiger partial charge in [0.25, 0.3) is 0 Å². The highest BCUT2D eigenvalue weighted by molar-refractivity contribution is 5.73. The number of hydrogen-bond acceptors (Lipinski definition) is 3. The molecule has 0 radical (unpaired) electrons. The lowest BCUT2D eigenvalue weighted by atomic mass is 10.2. The van der Waals surface area contributed by atoms with Crippen LogP contribution in [0.1, 0.15) is 27.2 Å². The highest BCUT2D eigenvalue weighted by Crippen LogP contribution is 2.31. The molecule has 3 nitrogen and oxygen atoms in total. The van der Waals surface area contributed by atoms with Gasteiger partial charge in [0.2, 0.25) is 0 Å². The Morgan fingerprint density at radius 2 is 2.06 bits per heavy atom. The van der Waals surface area contributed by atoms with Gasteiger partial charge in [-0.05, 0) is 24.5 Å². The second-order valence-electron chi connectivity index (χ2n) is 4.81. The van der Waals surface area contributed by atoms with Crippen molar-refractivity contribution in [1.29, 1.82) is 0 Å². The molecule has 0 aromatic heterocycles. The van der Waals surface area contributed by atoms with Crippen LogP contribution in [0, 0.1) is 5.92 Å². The molecule has 0 aliphatic carbocycles. The van der Waals surface area contributed by atoms with Crippen molar-refractivity contribution < 1.29 is 4.74 Å². The van der Waals surface area contributed by atoms with Gasteiger partial charge in [0.1, 0.15) is 5.75 Å². The zero-order valence-electron chi connectivity index (χ0n) is 11.4. The molecule has 1 aromatic rings. The second kappa shape index (κ2) is 6.38. The summed E-state index contributed by atoms with van der Waals surface area (Å²) in [5, 5.41) is 0. The molecule has 1 rings (SSSR count). The van der Waals surface area contributed by atoms with Gasteiger partial charge in [-0.2, -0.15) is 0 Å². The first-order chi connectivity index (χ1) is 8.06. The summed E-state index contributed by atoms with van der Waals surface area (Å²) in [6.45, 7) is 8.18. The van der Waals surface area contributed by atoms with Crippen molar-refractivity contribution in [1.82, 2.24) is 0 Å². The molecule has 0 heterocycles. The Hall–Kier alpha value is -1.38. The molecular weight excluding hydrogens is 212 g/mol. The Morgan fingerprint density at radius 3 is 2.65 bits per heavy atom. The lowest BCUT2D eigenvalue weighted by Crippen LogP contribution is -2.23. The molecule has 0 saturated carbocycles. The smallest absolute Gasteiger partial charge is 0.144 e. The van der Waals surface area contributed by atoms with Gasteiger partial charge < -0.3 is 15.4 Å². The van der Waals surface area contributed by atoms with Gasteiger partial charge >= 0.3 is 0 Å². The van der Waals surface area contributed by atoms with Crippen LogP contribution in [0.2, 0.25) is 0 Å². The van der Waals surface area contributed by atoms with E-state index in [1.807, 2.05) is 18.2 Å². The van der Waals surface area contributed by atoms with Crippen molar-refractivity contribution in [2.24, 2.45) is 5.92 Å². The predicted octanol–water partition coefficient (Wildman–Crippen LogP) is 3.15. The monoisotopic (exact) mass is 236 g/mol. The fraction of sp³-hybridized carbons (Fsp3) is 0.571. The fourth-order valence-electron chi connectivity index (χ4n) is 1.85. The quantitative estimate of drug-likeness (QED) is 0.771. The minimum atomic E-state index is 0.611. The summed E-state index contributed by atoms with van der Waals surface area (Å²) in [5.74, 6) is 1.40. The lowest BCUT2D eigenvalue weighted by Gasteiger charge is -2.24. The van der Waals surface area contributed by atoms with Crippen molar-refractivity contribution in [3.05, 3.63) is 18.2 Å². The summed E-state index contributed by atoms with van der Waals surface area (Å²) >= 11 is 0. The number of rotatable bonds is 6. The molecule has 0 bridgehead atoms. The van der Waals surface area contributed by atoms with Crippen LogP contribution in [0.3, 0.4) is 0 Å². The van der Waals surface area contributed by atoms with E-state index in [0.717, 1.165) is 30.1 Å². The number of nitrogens with two attached hydrogens (primary N) is 1. The number of hydrogen-bond donors (Lipinski definition) is 1. The first-order valence-corrected chi connectivity index (χ1v) is 6.28. The maximum Gasteiger partial charge on any atom is 0.144 e. The normalized spacial score (nSPS) is 10.6. The molecule has 0 fully saturated rings. The number of para-hydroxylation sites is 1. The third-order valence-corrected chi connectivity index (χ3v) is 2.56. The maximum atomic E-state index is 6.13. The molecule has 3 heteroatoms. The van der Waals surface area contributed by atoms with Crippen molar-refractivity contribution in [2.75, 3.05) is 30.8 Å². The highest BCUT2D eigenvalue weighted by Gasteiger charge is 2.10. The van der Waals surface area contributed by atoms with E-state index in [9.17, 15) is 0 Å². The summed E-state index contributed by atoms with van der Waals surface area (Å²) in [7, 11) is 2.06. The van der Waals surface area contributed by atoms with E-state index in [0.29, 0.717) is 12.5 Å². The molecule has 0 unspecified atom stereocenters. The van der Waals surface area contributed by atoms with Crippen LogP contribution in [-0.2, 0) is 0 Å². The maximum absolute atomic E-state index is 6.13. The molecule has 0 saturated heterocycles. The van der Waals surface area contributed by atoms with Crippen LogP contribution < -0.4 is 15.4 Å². The van der Waals surface area contributed by atoms with Crippen molar-refractivity contribution in [3.63, 3.8) is 0 Å². The van der Waals surface area contributed by atoms with Gasteiger partial charge in [0.15, 0.2) is 0 Å². The van der Waals surface area contributed by atoms with E-state index in [4.69, 9.17) is 10.5 Å². The number of nitrogens with zero attached hydrogens (tertiary/aromatic N) is 1.